The number of ether oxygens (including phenoxy) is 1. The SMILES string of the molecule is Nc1ccc(C(=O)OCc2ccc(Cl)cc2F)cc1. The Morgan fingerprint density at radius 1 is 1.21 bits per heavy atom. The second-order valence-electron chi connectivity index (χ2n) is 3.93. The lowest BCUT2D eigenvalue weighted by Gasteiger charge is -2.06. The molecule has 2 N–H and O–H groups in total. The molecule has 0 amide bonds. The summed E-state index contributed by atoms with van der Waals surface area (Å²) in [6.45, 7) is -0.147. The van der Waals surface area contributed by atoms with Crippen LogP contribution in [0.2, 0.25) is 5.02 Å². The van der Waals surface area contributed by atoms with Crippen molar-refractivity contribution in [3.8, 4) is 0 Å². The first-order chi connectivity index (χ1) is 9.06. The maximum atomic E-state index is 13.5. The molecule has 5 heteroatoms. The molecule has 98 valence electrons. The van der Waals surface area contributed by atoms with E-state index in [4.69, 9.17) is 22.1 Å². The summed E-state index contributed by atoms with van der Waals surface area (Å²) in [6.07, 6.45) is 0. The Balaban J connectivity index is 2.02. The highest BCUT2D eigenvalue weighted by Crippen LogP contribution is 2.16. The predicted molar refractivity (Wildman–Crippen MR) is 71.4 cm³/mol. The van der Waals surface area contributed by atoms with Crippen LogP contribution >= 0.6 is 11.6 Å². The van der Waals surface area contributed by atoms with Gasteiger partial charge in [-0.2, -0.15) is 0 Å². The number of carbonyl (C=O) groups excluding carboxylic acids is 1. The smallest absolute Gasteiger partial charge is 0.338 e. The summed E-state index contributed by atoms with van der Waals surface area (Å²) >= 11 is 5.63. The first kappa shape index (κ1) is 13.4. The first-order valence-electron chi connectivity index (χ1n) is 5.53. The van der Waals surface area contributed by atoms with Crippen molar-refractivity contribution in [3.05, 3.63) is 64.4 Å². The molecule has 0 fully saturated rings. The molecule has 3 nitrogen and oxygen atoms in total. The summed E-state index contributed by atoms with van der Waals surface area (Å²) in [5.41, 5.74) is 6.70. The van der Waals surface area contributed by atoms with Crippen LogP contribution in [0.5, 0.6) is 0 Å². The lowest BCUT2D eigenvalue weighted by molar-refractivity contribution is 0.0469. The standard InChI is InChI=1S/C14H11ClFNO2/c15-11-4-1-10(13(16)7-11)8-19-14(18)9-2-5-12(17)6-3-9/h1-7H,8,17H2. The summed E-state index contributed by atoms with van der Waals surface area (Å²) in [5.74, 6) is -1.04. The van der Waals surface area contributed by atoms with E-state index in [1.54, 1.807) is 24.3 Å². The number of carbonyl (C=O) groups is 1. The molecular formula is C14H11ClFNO2. The molecule has 0 radical (unpaired) electrons. The molecule has 19 heavy (non-hydrogen) atoms. The van der Waals surface area contributed by atoms with E-state index in [9.17, 15) is 9.18 Å². The number of esters is 1. The normalized spacial score (nSPS) is 10.2. The minimum absolute atomic E-state index is 0.147. The van der Waals surface area contributed by atoms with E-state index in [1.807, 2.05) is 0 Å². The number of nitrogens with two attached hydrogens (primary N) is 1. The molecule has 0 saturated heterocycles. The Morgan fingerprint density at radius 2 is 1.89 bits per heavy atom. The summed E-state index contributed by atoms with van der Waals surface area (Å²) in [6, 6.07) is 10.5. The topological polar surface area (TPSA) is 52.3 Å². The summed E-state index contributed by atoms with van der Waals surface area (Å²) < 4.78 is 18.5. The van der Waals surface area contributed by atoms with Gasteiger partial charge >= 0.3 is 5.97 Å². The molecule has 0 atom stereocenters. The van der Waals surface area contributed by atoms with Gasteiger partial charge < -0.3 is 10.5 Å². The van der Waals surface area contributed by atoms with E-state index in [1.165, 1.54) is 18.2 Å². The zero-order valence-electron chi connectivity index (χ0n) is 9.90. The van der Waals surface area contributed by atoms with Crippen LogP contribution in [-0.2, 0) is 11.3 Å². The Bertz CT molecular complexity index is 599. The molecule has 0 aliphatic carbocycles. The van der Waals surface area contributed by atoms with Gasteiger partial charge in [0.15, 0.2) is 0 Å². The van der Waals surface area contributed by atoms with Crippen molar-refractivity contribution >= 4 is 23.3 Å². The van der Waals surface area contributed by atoms with Crippen molar-refractivity contribution in [2.24, 2.45) is 0 Å². The van der Waals surface area contributed by atoms with Gasteiger partial charge in [-0.3, -0.25) is 0 Å². The lowest BCUT2D eigenvalue weighted by Crippen LogP contribution is -2.06. The number of hydrogen-bond acceptors (Lipinski definition) is 3. The van der Waals surface area contributed by atoms with Crippen molar-refractivity contribution in [3.63, 3.8) is 0 Å². The molecule has 0 aliphatic rings. The maximum Gasteiger partial charge on any atom is 0.338 e. The van der Waals surface area contributed by atoms with E-state index in [0.717, 1.165) is 0 Å². The average Bonchev–Trinajstić information content (AvgIpc) is 2.38. The van der Waals surface area contributed by atoms with Crippen molar-refractivity contribution in [1.82, 2.24) is 0 Å². The van der Waals surface area contributed by atoms with Crippen LogP contribution in [0.15, 0.2) is 42.5 Å². The summed E-state index contributed by atoms with van der Waals surface area (Å²) in [4.78, 5) is 11.7. The van der Waals surface area contributed by atoms with Crippen LogP contribution in [0.25, 0.3) is 0 Å². The summed E-state index contributed by atoms with van der Waals surface area (Å²) in [7, 11) is 0. The number of halogens is 2. The third-order valence-corrected chi connectivity index (χ3v) is 2.76. The molecule has 0 saturated carbocycles. The van der Waals surface area contributed by atoms with Gasteiger partial charge in [0.2, 0.25) is 0 Å². The third-order valence-electron chi connectivity index (χ3n) is 2.52. The molecule has 0 unspecified atom stereocenters. The van der Waals surface area contributed by atoms with Gasteiger partial charge in [-0.15, -0.1) is 0 Å². The molecule has 0 spiro atoms. The van der Waals surface area contributed by atoms with E-state index in [0.29, 0.717) is 16.3 Å². The van der Waals surface area contributed by atoms with Crippen LogP contribution in [0.4, 0.5) is 10.1 Å². The van der Waals surface area contributed by atoms with E-state index < -0.39 is 11.8 Å². The fourth-order valence-electron chi connectivity index (χ4n) is 1.48. The molecule has 2 aromatic carbocycles. The molecular weight excluding hydrogens is 269 g/mol. The number of benzene rings is 2. The highest BCUT2D eigenvalue weighted by atomic mass is 35.5. The van der Waals surface area contributed by atoms with Gasteiger partial charge in [-0.05, 0) is 36.4 Å². The van der Waals surface area contributed by atoms with Crippen LogP contribution in [-0.4, -0.2) is 5.97 Å². The molecule has 2 rings (SSSR count). The Hall–Kier alpha value is -2.07. The second kappa shape index (κ2) is 5.71. The lowest BCUT2D eigenvalue weighted by atomic mass is 10.2. The first-order valence-corrected chi connectivity index (χ1v) is 5.90. The second-order valence-corrected chi connectivity index (χ2v) is 4.37. The third kappa shape index (κ3) is 3.45. The minimum Gasteiger partial charge on any atom is -0.457 e. The van der Waals surface area contributed by atoms with Crippen LogP contribution < -0.4 is 5.73 Å². The van der Waals surface area contributed by atoms with Gasteiger partial charge in [-0.25, -0.2) is 9.18 Å². The summed E-state index contributed by atoms with van der Waals surface area (Å²) in [5, 5.41) is 0.297. The fraction of sp³-hybridized carbons (Fsp3) is 0.0714. The van der Waals surface area contributed by atoms with Gasteiger partial charge in [0.25, 0.3) is 0 Å². The Kier molecular flexibility index (Phi) is 4.02. The molecule has 2 aromatic rings. The number of anilines is 1. The highest BCUT2D eigenvalue weighted by Gasteiger charge is 2.09. The number of hydrogen-bond donors (Lipinski definition) is 1. The van der Waals surface area contributed by atoms with Crippen molar-refractivity contribution in [2.75, 3.05) is 5.73 Å². The average molecular weight is 280 g/mol. The van der Waals surface area contributed by atoms with Gasteiger partial charge in [0.1, 0.15) is 12.4 Å². The minimum atomic E-state index is -0.533. The molecule has 0 heterocycles. The number of rotatable bonds is 3. The van der Waals surface area contributed by atoms with Crippen molar-refractivity contribution in [1.29, 1.82) is 0 Å². The predicted octanol–water partition coefficient (Wildman–Crippen LogP) is 3.42. The Morgan fingerprint density at radius 3 is 2.53 bits per heavy atom. The van der Waals surface area contributed by atoms with Crippen LogP contribution in [0.3, 0.4) is 0 Å². The van der Waals surface area contributed by atoms with Gasteiger partial charge in [0, 0.05) is 16.3 Å². The van der Waals surface area contributed by atoms with E-state index in [-0.39, 0.29) is 12.2 Å². The maximum absolute atomic E-state index is 13.5. The Labute approximate surface area is 114 Å². The number of nitrogen functional groups attached to an aromatic ring is 1. The van der Waals surface area contributed by atoms with E-state index in [2.05, 4.69) is 0 Å². The highest BCUT2D eigenvalue weighted by molar-refractivity contribution is 6.30. The molecule has 0 aliphatic heterocycles. The zero-order chi connectivity index (χ0) is 13.8. The quantitative estimate of drug-likeness (QED) is 0.692. The largest absolute Gasteiger partial charge is 0.457 e. The van der Waals surface area contributed by atoms with Crippen LogP contribution in [0, 0.1) is 5.82 Å². The zero-order valence-corrected chi connectivity index (χ0v) is 10.7. The fourth-order valence-corrected chi connectivity index (χ4v) is 1.64. The van der Waals surface area contributed by atoms with Crippen LogP contribution in [0.1, 0.15) is 15.9 Å². The monoisotopic (exact) mass is 279 g/mol. The van der Waals surface area contributed by atoms with Gasteiger partial charge in [-0.1, -0.05) is 17.7 Å². The molecule has 0 bridgehead atoms. The van der Waals surface area contributed by atoms with Gasteiger partial charge in [0.05, 0.1) is 5.56 Å². The van der Waals surface area contributed by atoms with E-state index >= 15 is 0 Å². The van der Waals surface area contributed by atoms with Crippen molar-refractivity contribution in [2.45, 2.75) is 6.61 Å². The molecule has 0 aromatic heterocycles. The van der Waals surface area contributed by atoms with Crippen molar-refractivity contribution < 1.29 is 13.9 Å².